The number of aromatic nitrogens is 1. The van der Waals surface area contributed by atoms with Crippen LogP contribution in [0, 0.1) is 25.2 Å². The highest BCUT2D eigenvalue weighted by Crippen LogP contribution is 2.24. The second-order valence-corrected chi connectivity index (χ2v) is 4.29. The van der Waals surface area contributed by atoms with Crippen molar-refractivity contribution >= 4 is 5.69 Å². The van der Waals surface area contributed by atoms with Gasteiger partial charge in [0.1, 0.15) is 5.76 Å². The van der Waals surface area contributed by atoms with E-state index in [1.807, 2.05) is 26.0 Å². The molecule has 1 atom stereocenters. The Morgan fingerprint density at radius 2 is 1.94 bits per heavy atom. The van der Waals surface area contributed by atoms with Gasteiger partial charge in [-0.25, -0.2) is 0 Å². The van der Waals surface area contributed by atoms with Gasteiger partial charge in [-0.3, -0.25) is 0 Å². The Hall–Kier alpha value is -2.28. The van der Waals surface area contributed by atoms with Crippen molar-refractivity contribution in [2.45, 2.75) is 26.8 Å². The van der Waals surface area contributed by atoms with Gasteiger partial charge in [0.25, 0.3) is 0 Å². The summed E-state index contributed by atoms with van der Waals surface area (Å²) in [6.45, 7) is 5.90. The molecule has 0 saturated carbocycles. The predicted octanol–water partition coefficient (Wildman–Crippen LogP) is 3.34. The molecule has 0 bridgehead atoms. The fraction of sp³-hybridized carbons (Fsp3) is 0.286. The summed E-state index contributed by atoms with van der Waals surface area (Å²) in [4.78, 5) is 0. The van der Waals surface area contributed by atoms with Crippen LogP contribution in [0.4, 0.5) is 5.69 Å². The van der Waals surface area contributed by atoms with Gasteiger partial charge in [-0.1, -0.05) is 5.16 Å². The molecule has 0 aliphatic rings. The molecule has 0 spiro atoms. The maximum absolute atomic E-state index is 8.74. The number of nitriles is 1. The summed E-state index contributed by atoms with van der Waals surface area (Å²) < 4.78 is 5.16. The van der Waals surface area contributed by atoms with Gasteiger partial charge in [0, 0.05) is 11.3 Å². The van der Waals surface area contributed by atoms with Crippen molar-refractivity contribution in [2.75, 3.05) is 5.32 Å². The topological polar surface area (TPSA) is 61.9 Å². The Bertz CT molecular complexity index is 559. The van der Waals surface area contributed by atoms with Crippen LogP contribution in [0.25, 0.3) is 0 Å². The number of nitrogens with zero attached hydrogens (tertiary/aromatic N) is 2. The molecule has 1 unspecified atom stereocenters. The van der Waals surface area contributed by atoms with Crippen molar-refractivity contribution in [1.82, 2.24) is 5.16 Å². The van der Waals surface area contributed by atoms with Crippen LogP contribution in [0.5, 0.6) is 0 Å². The number of anilines is 1. The van der Waals surface area contributed by atoms with Gasteiger partial charge in [0.15, 0.2) is 0 Å². The Morgan fingerprint density at radius 1 is 1.28 bits per heavy atom. The molecule has 2 aromatic rings. The standard InChI is InChI=1S/C14H15N3O/c1-9(14-10(2)17-18-11(14)3)16-13-6-4-12(8-15)5-7-13/h4-7,9,16H,1-3H3. The van der Waals surface area contributed by atoms with E-state index in [1.165, 1.54) is 0 Å². The zero-order valence-electron chi connectivity index (χ0n) is 10.7. The van der Waals surface area contributed by atoms with Crippen LogP contribution >= 0.6 is 0 Å². The van der Waals surface area contributed by atoms with Crippen LogP contribution in [0.3, 0.4) is 0 Å². The minimum atomic E-state index is 0.115. The molecule has 4 nitrogen and oxygen atoms in total. The van der Waals surface area contributed by atoms with Crippen molar-refractivity contribution in [3.8, 4) is 6.07 Å². The molecule has 92 valence electrons. The average Bonchev–Trinajstić information content (AvgIpc) is 2.70. The summed E-state index contributed by atoms with van der Waals surface area (Å²) in [6, 6.07) is 9.60. The highest BCUT2D eigenvalue weighted by Gasteiger charge is 2.15. The van der Waals surface area contributed by atoms with Gasteiger partial charge < -0.3 is 9.84 Å². The number of hydrogen-bond acceptors (Lipinski definition) is 4. The van der Waals surface area contributed by atoms with E-state index in [1.54, 1.807) is 12.1 Å². The first-order chi connectivity index (χ1) is 8.61. The maximum Gasteiger partial charge on any atom is 0.139 e. The molecule has 0 amide bonds. The van der Waals surface area contributed by atoms with Crippen LogP contribution in [0.15, 0.2) is 28.8 Å². The Balaban J connectivity index is 2.16. The minimum absolute atomic E-state index is 0.115. The van der Waals surface area contributed by atoms with E-state index in [0.717, 1.165) is 22.7 Å². The van der Waals surface area contributed by atoms with Gasteiger partial charge >= 0.3 is 0 Å². The first-order valence-corrected chi connectivity index (χ1v) is 5.81. The van der Waals surface area contributed by atoms with Gasteiger partial charge in [-0.05, 0) is 45.0 Å². The molecule has 1 N–H and O–H groups in total. The van der Waals surface area contributed by atoms with Crippen LogP contribution in [-0.2, 0) is 0 Å². The fourth-order valence-corrected chi connectivity index (χ4v) is 2.07. The summed E-state index contributed by atoms with van der Waals surface area (Å²) in [5, 5.41) is 16.1. The molecule has 1 heterocycles. The minimum Gasteiger partial charge on any atom is -0.378 e. The molecule has 4 heteroatoms. The zero-order chi connectivity index (χ0) is 13.1. The van der Waals surface area contributed by atoms with Gasteiger partial charge in [0.2, 0.25) is 0 Å². The fourth-order valence-electron chi connectivity index (χ4n) is 2.07. The Kier molecular flexibility index (Phi) is 3.33. The van der Waals surface area contributed by atoms with Crippen LogP contribution in [0.2, 0.25) is 0 Å². The quantitative estimate of drug-likeness (QED) is 0.895. The number of aryl methyl sites for hydroxylation is 2. The lowest BCUT2D eigenvalue weighted by Gasteiger charge is -2.15. The summed E-state index contributed by atoms with van der Waals surface area (Å²) in [6.07, 6.45) is 0. The Labute approximate surface area is 106 Å². The monoisotopic (exact) mass is 241 g/mol. The maximum atomic E-state index is 8.74. The van der Waals surface area contributed by atoms with Crippen LogP contribution < -0.4 is 5.32 Å². The van der Waals surface area contributed by atoms with Crippen molar-refractivity contribution < 1.29 is 4.52 Å². The molecule has 0 fully saturated rings. The first kappa shape index (κ1) is 12.2. The van der Waals surface area contributed by atoms with E-state index in [-0.39, 0.29) is 6.04 Å². The van der Waals surface area contributed by atoms with Crippen LogP contribution in [-0.4, -0.2) is 5.16 Å². The molecular formula is C14H15N3O. The first-order valence-electron chi connectivity index (χ1n) is 5.81. The van der Waals surface area contributed by atoms with E-state index < -0.39 is 0 Å². The second-order valence-electron chi connectivity index (χ2n) is 4.29. The smallest absolute Gasteiger partial charge is 0.139 e. The average molecular weight is 241 g/mol. The molecule has 0 saturated heterocycles. The molecule has 2 rings (SSSR count). The van der Waals surface area contributed by atoms with Crippen molar-refractivity contribution in [2.24, 2.45) is 0 Å². The van der Waals surface area contributed by atoms with Crippen molar-refractivity contribution in [3.05, 3.63) is 46.8 Å². The molecule has 18 heavy (non-hydrogen) atoms. The summed E-state index contributed by atoms with van der Waals surface area (Å²) in [5.41, 5.74) is 3.62. The lowest BCUT2D eigenvalue weighted by molar-refractivity contribution is 0.392. The third-order valence-electron chi connectivity index (χ3n) is 2.92. The molecule has 1 aromatic heterocycles. The van der Waals surface area contributed by atoms with E-state index >= 15 is 0 Å². The lowest BCUT2D eigenvalue weighted by atomic mass is 10.1. The van der Waals surface area contributed by atoms with E-state index in [4.69, 9.17) is 9.78 Å². The van der Waals surface area contributed by atoms with Gasteiger partial charge in [0.05, 0.1) is 23.4 Å². The summed E-state index contributed by atoms with van der Waals surface area (Å²) in [5.74, 6) is 0.834. The number of benzene rings is 1. The third kappa shape index (κ3) is 2.35. The normalized spacial score (nSPS) is 11.9. The van der Waals surface area contributed by atoms with E-state index in [2.05, 4.69) is 23.5 Å². The van der Waals surface area contributed by atoms with Crippen molar-refractivity contribution in [1.29, 1.82) is 5.26 Å². The molecule has 1 aromatic carbocycles. The highest BCUT2D eigenvalue weighted by molar-refractivity contribution is 5.49. The zero-order valence-corrected chi connectivity index (χ0v) is 10.7. The van der Waals surface area contributed by atoms with E-state index in [0.29, 0.717) is 5.56 Å². The highest BCUT2D eigenvalue weighted by atomic mass is 16.5. The van der Waals surface area contributed by atoms with Gasteiger partial charge in [-0.15, -0.1) is 0 Å². The number of rotatable bonds is 3. The van der Waals surface area contributed by atoms with Crippen LogP contribution in [0.1, 0.15) is 35.5 Å². The predicted molar refractivity (Wildman–Crippen MR) is 69.2 cm³/mol. The Morgan fingerprint density at radius 3 is 2.44 bits per heavy atom. The number of nitrogens with one attached hydrogen (secondary N) is 1. The SMILES string of the molecule is Cc1noc(C)c1C(C)Nc1ccc(C#N)cc1. The number of hydrogen-bond donors (Lipinski definition) is 1. The van der Waals surface area contributed by atoms with E-state index in [9.17, 15) is 0 Å². The van der Waals surface area contributed by atoms with Gasteiger partial charge in [-0.2, -0.15) is 5.26 Å². The molecular weight excluding hydrogens is 226 g/mol. The summed E-state index contributed by atoms with van der Waals surface area (Å²) >= 11 is 0. The largest absolute Gasteiger partial charge is 0.378 e. The third-order valence-corrected chi connectivity index (χ3v) is 2.92. The summed E-state index contributed by atoms with van der Waals surface area (Å²) in [7, 11) is 0. The van der Waals surface area contributed by atoms with Crippen molar-refractivity contribution in [3.63, 3.8) is 0 Å². The second kappa shape index (κ2) is 4.92. The molecule has 0 aliphatic heterocycles. The lowest BCUT2D eigenvalue weighted by Crippen LogP contribution is -2.08. The molecule has 0 radical (unpaired) electrons. The molecule has 0 aliphatic carbocycles.